The Morgan fingerprint density at radius 1 is 0.400 bits per heavy atom. The average Bonchev–Trinajstić information content (AvgIpc) is 3.36. The lowest BCUT2D eigenvalue weighted by Crippen LogP contribution is -2.45. The minimum Gasteiger partial charge on any atom is -0.466 e. The molecule has 70 heavy (non-hydrogen) atoms. The van der Waals surface area contributed by atoms with Crippen molar-refractivity contribution in [2.24, 2.45) is 0 Å². The van der Waals surface area contributed by atoms with Gasteiger partial charge in [-0.15, -0.1) is 0 Å². The summed E-state index contributed by atoms with van der Waals surface area (Å²) in [6.07, 6.45) is 73.3. The summed E-state index contributed by atoms with van der Waals surface area (Å²) >= 11 is 0. The maximum atomic E-state index is 12.5. The van der Waals surface area contributed by atoms with Crippen LogP contribution in [0.2, 0.25) is 0 Å². The molecule has 0 spiro atoms. The first-order valence-electron chi connectivity index (χ1n) is 31.6. The van der Waals surface area contributed by atoms with E-state index in [2.05, 4.69) is 43.5 Å². The van der Waals surface area contributed by atoms with E-state index < -0.39 is 12.1 Å². The van der Waals surface area contributed by atoms with Gasteiger partial charge in [0.2, 0.25) is 5.91 Å². The van der Waals surface area contributed by atoms with Crippen molar-refractivity contribution in [2.75, 3.05) is 13.2 Å². The van der Waals surface area contributed by atoms with Gasteiger partial charge in [-0.05, 0) is 64.2 Å². The summed E-state index contributed by atoms with van der Waals surface area (Å²) in [6, 6.07) is -0.554. The molecule has 0 aromatic heterocycles. The van der Waals surface area contributed by atoms with Gasteiger partial charge in [-0.25, -0.2) is 0 Å². The maximum absolute atomic E-state index is 12.5. The van der Waals surface area contributed by atoms with Crippen LogP contribution in [0.4, 0.5) is 0 Å². The van der Waals surface area contributed by atoms with Crippen molar-refractivity contribution >= 4 is 11.9 Å². The second-order valence-corrected chi connectivity index (χ2v) is 21.7. The molecule has 0 fully saturated rings. The monoisotopic (exact) mass is 986 g/mol. The summed E-state index contributed by atoms with van der Waals surface area (Å²) in [6.45, 7) is 4.94. The zero-order valence-corrected chi connectivity index (χ0v) is 47.3. The molecule has 3 N–H and O–H groups in total. The fourth-order valence-corrected chi connectivity index (χ4v) is 9.91. The number of rotatable bonds is 59. The molecule has 6 nitrogen and oxygen atoms in total. The smallest absolute Gasteiger partial charge is 0.305 e. The van der Waals surface area contributed by atoms with Crippen molar-refractivity contribution in [2.45, 2.75) is 360 Å². The van der Waals surface area contributed by atoms with Crippen LogP contribution in [-0.2, 0) is 14.3 Å². The highest BCUT2D eigenvalue weighted by Gasteiger charge is 2.20. The Hall–Kier alpha value is -1.66. The quantitative estimate of drug-likeness (QED) is 0.0321. The Labute approximate surface area is 437 Å². The Morgan fingerprint density at radius 3 is 1.09 bits per heavy atom. The van der Waals surface area contributed by atoms with E-state index in [-0.39, 0.29) is 18.5 Å². The van der Waals surface area contributed by atoms with E-state index in [1.807, 2.05) is 0 Å². The lowest BCUT2D eigenvalue weighted by Gasteiger charge is -2.22. The van der Waals surface area contributed by atoms with Crippen LogP contribution in [0.1, 0.15) is 348 Å². The molecule has 414 valence electrons. The van der Waals surface area contributed by atoms with Crippen LogP contribution in [0.15, 0.2) is 24.3 Å². The summed E-state index contributed by atoms with van der Waals surface area (Å²) < 4.78 is 5.46. The number of ether oxygens (including phenoxy) is 1. The summed E-state index contributed by atoms with van der Waals surface area (Å²) in [5, 5.41) is 23.4. The number of esters is 1. The van der Waals surface area contributed by atoms with E-state index in [0.29, 0.717) is 25.9 Å². The zero-order valence-electron chi connectivity index (χ0n) is 47.3. The van der Waals surface area contributed by atoms with E-state index in [1.165, 1.54) is 231 Å². The first-order valence-corrected chi connectivity index (χ1v) is 31.6. The molecule has 0 saturated carbocycles. The maximum Gasteiger partial charge on any atom is 0.305 e. The van der Waals surface area contributed by atoms with Crippen LogP contribution in [-0.4, -0.2) is 47.4 Å². The SMILES string of the molecule is CCCCCCCCCCCCCCCCCCCCCCCCC(O)C(CO)NC(=O)CCCCCCCCC/C=C\C/C=C\CCCCCOC(=O)CCCCCCCCCCCCCCCC. The summed E-state index contributed by atoms with van der Waals surface area (Å²) in [5.41, 5.74) is 0. The number of amides is 1. The molecule has 0 saturated heterocycles. The van der Waals surface area contributed by atoms with Gasteiger partial charge in [-0.3, -0.25) is 9.59 Å². The normalized spacial score (nSPS) is 12.7. The lowest BCUT2D eigenvalue weighted by atomic mass is 10.0. The molecule has 2 atom stereocenters. The topological polar surface area (TPSA) is 95.9 Å². The molecule has 6 heteroatoms. The van der Waals surface area contributed by atoms with Gasteiger partial charge in [0.05, 0.1) is 25.4 Å². The molecule has 0 bridgehead atoms. The second kappa shape index (κ2) is 59.9. The summed E-state index contributed by atoms with van der Waals surface area (Å²) in [4.78, 5) is 24.6. The van der Waals surface area contributed by atoms with Crippen LogP contribution < -0.4 is 5.32 Å². The van der Waals surface area contributed by atoms with Gasteiger partial charge in [0.25, 0.3) is 0 Å². The van der Waals surface area contributed by atoms with Crippen LogP contribution in [0.5, 0.6) is 0 Å². The minimum absolute atomic E-state index is 0.0124. The van der Waals surface area contributed by atoms with Crippen LogP contribution >= 0.6 is 0 Å². The molecular formula is C64H123NO5. The molecule has 1 amide bonds. The number of hydrogen-bond donors (Lipinski definition) is 3. The fraction of sp³-hybridized carbons (Fsp3) is 0.906. The molecule has 0 aliphatic heterocycles. The third kappa shape index (κ3) is 55.7. The highest BCUT2D eigenvalue weighted by Crippen LogP contribution is 2.18. The van der Waals surface area contributed by atoms with Crippen molar-refractivity contribution < 1.29 is 24.5 Å². The number of aliphatic hydroxyl groups is 2. The number of carbonyl (C=O) groups is 2. The predicted molar refractivity (Wildman–Crippen MR) is 306 cm³/mol. The van der Waals surface area contributed by atoms with Crippen molar-refractivity contribution in [1.29, 1.82) is 0 Å². The number of aliphatic hydroxyl groups excluding tert-OH is 2. The molecule has 0 heterocycles. The number of hydrogen-bond acceptors (Lipinski definition) is 5. The second-order valence-electron chi connectivity index (χ2n) is 21.7. The predicted octanol–water partition coefficient (Wildman–Crippen LogP) is 19.8. The third-order valence-electron chi connectivity index (χ3n) is 14.8. The van der Waals surface area contributed by atoms with E-state index in [0.717, 1.165) is 83.5 Å². The lowest BCUT2D eigenvalue weighted by molar-refractivity contribution is -0.143. The number of allylic oxidation sites excluding steroid dienone is 4. The van der Waals surface area contributed by atoms with E-state index >= 15 is 0 Å². The molecule has 0 radical (unpaired) electrons. The standard InChI is InChI=1S/C64H123NO5/c1-3-5-7-9-11-13-15-17-19-20-21-22-23-24-26-29-32-36-40-44-48-52-56-62(67)61(60-66)65-63(68)57-53-49-45-41-37-33-30-27-25-28-31-35-39-43-47-51-55-59-70-64(69)58-54-50-46-42-38-34-18-16-14-12-10-8-6-4-2/h25,28,35,39,61-62,66-67H,3-24,26-27,29-34,36-38,40-60H2,1-2H3,(H,65,68)/b28-25-,39-35-. The Morgan fingerprint density at radius 2 is 0.714 bits per heavy atom. The van der Waals surface area contributed by atoms with Gasteiger partial charge < -0.3 is 20.3 Å². The minimum atomic E-state index is -0.676. The summed E-state index contributed by atoms with van der Waals surface area (Å²) in [7, 11) is 0. The van der Waals surface area contributed by atoms with Crippen molar-refractivity contribution in [1.82, 2.24) is 5.32 Å². The fourth-order valence-electron chi connectivity index (χ4n) is 9.91. The first kappa shape index (κ1) is 68.3. The van der Waals surface area contributed by atoms with Gasteiger partial charge >= 0.3 is 5.97 Å². The van der Waals surface area contributed by atoms with Crippen LogP contribution in [0.25, 0.3) is 0 Å². The van der Waals surface area contributed by atoms with E-state index in [4.69, 9.17) is 4.74 Å². The molecule has 0 rings (SSSR count). The molecule has 0 aliphatic carbocycles. The van der Waals surface area contributed by atoms with Gasteiger partial charge in [0.1, 0.15) is 0 Å². The van der Waals surface area contributed by atoms with Crippen molar-refractivity contribution in [3.05, 3.63) is 24.3 Å². The van der Waals surface area contributed by atoms with Crippen LogP contribution in [0, 0.1) is 0 Å². The van der Waals surface area contributed by atoms with Gasteiger partial charge in [-0.1, -0.05) is 295 Å². The highest BCUT2D eigenvalue weighted by atomic mass is 16.5. The van der Waals surface area contributed by atoms with Crippen LogP contribution in [0.3, 0.4) is 0 Å². The number of nitrogens with one attached hydrogen (secondary N) is 1. The number of carbonyl (C=O) groups excluding carboxylic acids is 2. The molecule has 0 aromatic rings. The average molecular weight is 987 g/mol. The Bertz CT molecular complexity index is 1090. The third-order valence-corrected chi connectivity index (χ3v) is 14.8. The summed E-state index contributed by atoms with van der Waals surface area (Å²) in [5.74, 6) is -0.0599. The molecule has 0 aliphatic rings. The van der Waals surface area contributed by atoms with Crippen molar-refractivity contribution in [3.63, 3.8) is 0 Å². The van der Waals surface area contributed by atoms with Gasteiger partial charge in [-0.2, -0.15) is 0 Å². The van der Waals surface area contributed by atoms with Gasteiger partial charge in [0, 0.05) is 12.8 Å². The largest absolute Gasteiger partial charge is 0.466 e. The van der Waals surface area contributed by atoms with E-state index in [9.17, 15) is 19.8 Å². The Kier molecular flexibility index (Phi) is 58.5. The Balaban J connectivity index is 3.48. The van der Waals surface area contributed by atoms with E-state index in [1.54, 1.807) is 0 Å². The highest BCUT2D eigenvalue weighted by molar-refractivity contribution is 5.76. The zero-order chi connectivity index (χ0) is 50.7. The molecule has 0 aromatic carbocycles. The van der Waals surface area contributed by atoms with Gasteiger partial charge in [0.15, 0.2) is 0 Å². The molecular weight excluding hydrogens is 863 g/mol. The van der Waals surface area contributed by atoms with Crippen molar-refractivity contribution in [3.8, 4) is 0 Å². The molecule has 2 unspecified atom stereocenters. The number of unbranched alkanes of at least 4 members (excludes halogenated alkanes) is 44. The first-order chi connectivity index (χ1) is 34.5.